The number of rotatable bonds is 9. The molecule has 2 heterocycles. The zero-order chi connectivity index (χ0) is 26.6. The van der Waals surface area contributed by atoms with Crippen molar-refractivity contribution < 1.29 is 14.6 Å². The van der Waals surface area contributed by atoms with Crippen molar-refractivity contribution in [1.29, 1.82) is 5.26 Å². The fraction of sp³-hybridized carbons (Fsp3) is 0.552. The van der Waals surface area contributed by atoms with Gasteiger partial charge in [-0.2, -0.15) is 5.26 Å². The molecule has 0 spiro atoms. The number of amides is 1. The van der Waals surface area contributed by atoms with Crippen LogP contribution in [0.5, 0.6) is 5.75 Å². The highest BCUT2D eigenvalue weighted by Crippen LogP contribution is 2.39. The lowest BCUT2D eigenvalue weighted by Crippen LogP contribution is -2.40. The highest BCUT2D eigenvalue weighted by Gasteiger charge is 2.34. The minimum absolute atomic E-state index is 0.0547. The Kier molecular flexibility index (Phi) is 8.76. The van der Waals surface area contributed by atoms with Crippen LogP contribution in [-0.4, -0.2) is 59.1 Å². The van der Waals surface area contributed by atoms with Crippen LogP contribution in [0.4, 0.5) is 0 Å². The number of benzene rings is 1. The summed E-state index contributed by atoms with van der Waals surface area (Å²) < 4.78 is 5.64. The summed E-state index contributed by atoms with van der Waals surface area (Å²) in [6.07, 6.45) is 2.32. The van der Waals surface area contributed by atoms with Gasteiger partial charge in [-0.15, -0.1) is 0 Å². The van der Waals surface area contributed by atoms with Crippen molar-refractivity contribution >= 4 is 5.91 Å². The van der Waals surface area contributed by atoms with Crippen molar-refractivity contribution in [2.24, 2.45) is 5.41 Å². The van der Waals surface area contributed by atoms with Crippen molar-refractivity contribution in [2.75, 3.05) is 33.3 Å². The summed E-state index contributed by atoms with van der Waals surface area (Å²) in [5, 5.41) is 20.6. The van der Waals surface area contributed by atoms with Crippen LogP contribution in [0.3, 0.4) is 0 Å². The van der Waals surface area contributed by atoms with Crippen molar-refractivity contribution in [2.45, 2.75) is 66.5 Å². The van der Waals surface area contributed by atoms with Gasteiger partial charge in [0, 0.05) is 30.9 Å². The number of carbonyl (C=O) groups excluding carboxylic acids is 1. The molecule has 1 N–H and O–H groups in total. The molecule has 36 heavy (non-hydrogen) atoms. The van der Waals surface area contributed by atoms with Gasteiger partial charge in [-0.3, -0.25) is 9.78 Å². The van der Waals surface area contributed by atoms with E-state index in [1.807, 2.05) is 45.6 Å². The lowest BCUT2D eigenvalue weighted by molar-refractivity contribution is 0.0587. The first-order chi connectivity index (χ1) is 17.0. The number of carbonyl (C=O) groups is 1. The van der Waals surface area contributed by atoms with E-state index in [4.69, 9.17) is 4.74 Å². The van der Waals surface area contributed by atoms with Gasteiger partial charge in [0.1, 0.15) is 17.4 Å². The Morgan fingerprint density at radius 2 is 2.00 bits per heavy atom. The summed E-state index contributed by atoms with van der Waals surface area (Å²) in [5.74, 6) is 0.431. The topological polar surface area (TPSA) is 89.7 Å². The van der Waals surface area contributed by atoms with Gasteiger partial charge in [0.25, 0.3) is 5.91 Å². The molecule has 0 fully saturated rings. The molecule has 2 unspecified atom stereocenters. The zero-order valence-electron chi connectivity index (χ0n) is 22.8. The van der Waals surface area contributed by atoms with Crippen LogP contribution in [0, 0.1) is 16.7 Å². The third kappa shape index (κ3) is 5.88. The Bertz CT molecular complexity index is 1130. The first-order valence-electron chi connectivity index (χ1n) is 12.9. The average Bonchev–Trinajstić information content (AvgIpc) is 2.86. The number of fused-ring (bicyclic) bond motifs is 1. The maximum absolute atomic E-state index is 13.9. The van der Waals surface area contributed by atoms with E-state index < -0.39 is 6.10 Å². The minimum Gasteiger partial charge on any atom is -0.492 e. The first-order valence-corrected chi connectivity index (χ1v) is 12.9. The molecule has 0 saturated heterocycles. The number of hydrogen-bond acceptors (Lipinski definition) is 6. The predicted octanol–water partition coefficient (Wildman–Crippen LogP) is 4.69. The summed E-state index contributed by atoms with van der Waals surface area (Å²) in [7, 11) is 2.08. The van der Waals surface area contributed by atoms with Crippen LogP contribution in [0.2, 0.25) is 0 Å². The predicted molar refractivity (Wildman–Crippen MR) is 141 cm³/mol. The summed E-state index contributed by atoms with van der Waals surface area (Å²) in [6, 6.07) is 7.70. The van der Waals surface area contributed by atoms with Crippen molar-refractivity contribution in [1.82, 2.24) is 14.8 Å². The second-order valence-electron chi connectivity index (χ2n) is 10.7. The van der Waals surface area contributed by atoms with E-state index in [1.54, 1.807) is 6.07 Å². The smallest absolute Gasteiger partial charge is 0.254 e. The van der Waals surface area contributed by atoms with E-state index >= 15 is 0 Å². The molecule has 0 bridgehead atoms. The Labute approximate surface area is 215 Å². The van der Waals surface area contributed by atoms with Gasteiger partial charge >= 0.3 is 0 Å². The summed E-state index contributed by atoms with van der Waals surface area (Å²) in [6.45, 7) is 14.8. The quantitative estimate of drug-likeness (QED) is 0.546. The number of pyridine rings is 1. The molecule has 0 saturated carbocycles. The van der Waals surface area contributed by atoms with Crippen molar-refractivity contribution in [3.8, 4) is 11.8 Å². The molecule has 3 rings (SSSR count). The van der Waals surface area contributed by atoms with E-state index in [1.165, 1.54) is 6.20 Å². The monoisotopic (exact) mass is 492 g/mol. The van der Waals surface area contributed by atoms with Crippen LogP contribution in [0.25, 0.3) is 0 Å². The SMILES string of the molecule is CCOc1cc(C(C)N2CCc3c(cc(CCN(C)CC)cc3C(O)C(C)(C)C)C2=O)ncc1C#N. The van der Waals surface area contributed by atoms with Crippen molar-refractivity contribution in [3.63, 3.8) is 0 Å². The molecule has 7 nitrogen and oxygen atoms in total. The summed E-state index contributed by atoms with van der Waals surface area (Å²) in [4.78, 5) is 22.4. The fourth-order valence-electron chi connectivity index (χ4n) is 4.62. The highest BCUT2D eigenvalue weighted by molar-refractivity contribution is 5.97. The molecule has 1 aromatic heterocycles. The van der Waals surface area contributed by atoms with E-state index in [2.05, 4.69) is 36.0 Å². The number of nitrogens with zero attached hydrogens (tertiary/aromatic N) is 4. The van der Waals surface area contributed by atoms with Crippen LogP contribution in [-0.2, 0) is 12.8 Å². The Morgan fingerprint density at radius 3 is 2.61 bits per heavy atom. The number of aliphatic hydroxyl groups is 1. The Hall–Kier alpha value is -2.95. The first kappa shape index (κ1) is 27.6. The molecule has 0 aliphatic carbocycles. The van der Waals surface area contributed by atoms with Gasteiger partial charge < -0.3 is 19.6 Å². The van der Waals surface area contributed by atoms with Gasteiger partial charge in [-0.1, -0.05) is 33.8 Å². The normalized spacial score (nSPS) is 15.4. The number of nitriles is 1. The maximum Gasteiger partial charge on any atom is 0.254 e. The maximum atomic E-state index is 13.9. The van der Waals surface area contributed by atoms with Gasteiger partial charge in [0.15, 0.2) is 0 Å². The molecule has 1 aromatic carbocycles. The number of hydrogen-bond donors (Lipinski definition) is 1. The van der Waals surface area contributed by atoms with Crippen LogP contribution in [0.15, 0.2) is 24.4 Å². The second kappa shape index (κ2) is 11.4. The lowest BCUT2D eigenvalue weighted by atomic mass is 9.79. The third-order valence-corrected chi connectivity index (χ3v) is 7.08. The van der Waals surface area contributed by atoms with Crippen LogP contribution >= 0.6 is 0 Å². The van der Waals surface area contributed by atoms with Crippen molar-refractivity contribution in [3.05, 3.63) is 57.9 Å². The zero-order valence-corrected chi connectivity index (χ0v) is 22.8. The molecule has 1 aliphatic heterocycles. The number of aliphatic hydroxyl groups excluding tert-OH is 1. The molecule has 2 aromatic rings. The number of ether oxygens (including phenoxy) is 1. The Balaban J connectivity index is 2.00. The van der Waals surface area contributed by atoms with E-state index in [9.17, 15) is 15.2 Å². The van der Waals surface area contributed by atoms with Crippen LogP contribution < -0.4 is 4.74 Å². The molecule has 1 amide bonds. The standard InChI is InChI=1S/C29H40N4O3/c1-8-32(7)12-10-20-14-23(27(34)29(4,5)6)22-11-13-33(28(35)24(22)15-20)19(3)25-16-26(36-9-2)21(17-30)18-31-25/h14-16,18-19,27,34H,8-13H2,1-7H3. The molecule has 194 valence electrons. The number of likely N-dealkylation sites (N-methyl/N-ethyl adjacent to an activating group) is 1. The largest absolute Gasteiger partial charge is 0.492 e. The van der Waals surface area contributed by atoms with Gasteiger partial charge in [0.05, 0.1) is 24.4 Å². The second-order valence-corrected chi connectivity index (χ2v) is 10.7. The third-order valence-electron chi connectivity index (χ3n) is 7.08. The van der Waals surface area contributed by atoms with E-state index in [0.29, 0.717) is 42.1 Å². The highest BCUT2D eigenvalue weighted by atomic mass is 16.5. The van der Waals surface area contributed by atoms with Gasteiger partial charge in [-0.25, -0.2) is 0 Å². The van der Waals surface area contributed by atoms with Gasteiger partial charge in [-0.05, 0) is 68.5 Å². The molecule has 0 radical (unpaired) electrons. The number of aromatic nitrogens is 1. The fourth-order valence-corrected chi connectivity index (χ4v) is 4.62. The molecular weight excluding hydrogens is 452 g/mol. The lowest BCUT2D eigenvalue weighted by Gasteiger charge is -2.36. The van der Waals surface area contributed by atoms with E-state index in [0.717, 1.165) is 36.2 Å². The summed E-state index contributed by atoms with van der Waals surface area (Å²) >= 11 is 0. The molecule has 7 heteroatoms. The molecule has 1 aliphatic rings. The molecule has 2 atom stereocenters. The molecular formula is C29H40N4O3. The van der Waals surface area contributed by atoms with Crippen LogP contribution in [0.1, 0.15) is 92.0 Å². The van der Waals surface area contributed by atoms with Gasteiger partial charge in [0.2, 0.25) is 0 Å². The minimum atomic E-state index is -0.666. The summed E-state index contributed by atoms with van der Waals surface area (Å²) in [5.41, 5.74) is 4.26. The van der Waals surface area contributed by atoms with E-state index in [-0.39, 0.29) is 17.4 Å². The Morgan fingerprint density at radius 1 is 1.28 bits per heavy atom. The average molecular weight is 493 g/mol.